The highest BCUT2D eigenvalue weighted by Gasteiger charge is 2.18. The molecular formula is C19H22N2O5S. The maximum Gasteiger partial charge on any atom is 0.303 e. The van der Waals surface area contributed by atoms with E-state index < -0.39 is 21.9 Å². The summed E-state index contributed by atoms with van der Waals surface area (Å²) in [5, 5.41) is 11.2. The molecule has 0 aromatic heterocycles. The summed E-state index contributed by atoms with van der Waals surface area (Å²) in [4.78, 5) is 22.8. The molecule has 0 saturated carbocycles. The van der Waals surface area contributed by atoms with Crippen LogP contribution >= 0.6 is 0 Å². The van der Waals surface area contributed by atoms with Crippen molar-refractivity contribution < 1.29 is 23.1 Å². The van der Waals surface area contributed by atoms with E-state index in [2.05, 4.69) is 10.0 Å². The minimum atomic E-state index is -3.79. The molecule has 2 rings (SSSR count). The Balaban J connectivity index is 2.12. The van der Waals surface area contributed by atoms with Gasteiger partial charge in [-0.1, -0.05) is 18.2 Å². The van der Waals surface area contributed by atoms with Crippen molar-refractivity contribution in [3.8, 4) is 0 Å². The zero-order valence-corrected chi connectivity index (χ0v) is 16.0. The highest BCUT2D eigenvalue weighted by atomic mass is 32.2. The summed E-state index contributed by atoms with van der Waals surface area (Å²) >= 11 is 0. The van der Waals surface area contributed by atoms with E-state index in [0.29, 0.717) is 12.0 Å². The predicted molar refractivity (Wildman–Crippen MR) is 102 cm³/mol. The van der Waals surface area contributed by atoms with Crippen molar-refractivity contribution in [3.63, 3.8) is 0 Å². The van der Waals surface area contributed by atoms with Crippen molar-refractivity contribution in [1.82, 2.24) is 5.32 Å². The topological polar surface area (TPSA) is 113 Å². The lowest BCUT2D eigenvalue weighted by molar-refractivity contribution is -0.137. The van der Waals surface area contributed by atoms with E-state index >= 15 is 0 Å². The minimum absolute atomic E-state index is 0.0318. The second kappa shape index (κ2) is 8.68. The summed E-state index contributed by atoms with van der Waals surface area (Å²) in [7, 11) is -3.79. The lowest BCUT2D eigenvalue weighted by Gasteiger charge is -2.12. The van der Waals surface area contributed by atoms with Gasteiger partial charge in [-0.15, -0.1) is 0 Å². The van der Waals surface area contributed by atoms with Crippen molar-refractivity contribution in [2.24, 2.45) is 0 Å². The molecule has 2 aromatic rings. The smallest absolute Gasteiger partial charge is 0.303 e. The van der Waals surface area contributed by atoms with Gasteiger partial charge in [-0.25, -0.2) is 8.42 Å². The van der Waals surface area contributed by atoms with E-state index in [9.17, 15) is 18.0 Å². The average Bonchev–Trinajstić information content (AvgIpc) is 2.60. The highest BCUT2D eigenvalue weighted by Crippen LogP contribution is 2.21. The van der Waals surface area contributed by atoms with Gasteiger partial charge in [0.05, 0.1) is 4.90 Å². The first-order valence-electron chi connectivity index (χ1n) is 8.39. The minimum Gasteiger partial charge on any atom is -0.481 e. The third-order valence-electron chi connectivity index (χ3n) is 3.86. The number of anilines is 1. The highest BCUT2D eigenvalue weighted by molar-refractivity contribution is 7.92. The number of carboxylic acids is 1. The van der Waals surface area contributed by atoms with Crippen molar-refractivity contribution in [2.75, 3.05) is 11.3 Å². The van der Waals surface area contributed by atoms with Gasteiger partial charge in [0.15, 0.2) is 0 Å². The molecular weight excluding hydrogens is 368 g/mol. The van der Waals surface area contributed by atoms with E-state index in [1.807, 2.05) is 13.0 Å². The SMILES string of the molecule is Cc1ccc(C)c(S(=O)(=O)Nc2cccc(C(=O)NCCCC(=O)O)c2)c1. The first kappa shape index (κ1) is 20.4. The van der Waals surface area contributed by atoms with E-state index in [4.69, 9.17) is 5.11 Å². The lowest BCUT2D eigenvalue weighted by Crippen LogP contribution is -2.25. The van der Waals surface area contributed by atoms with Crippen molar-refractivity contribution in [2.45, 2.75) is 31.6 Å². The number of aliphatic carboxylic acids is 1. The van der Waals surface area contributed by atoms with Gasteiger partial charge in [0, 0.05) is 24.2 Å². The number of carbonyl (C=O) groups is 2. The van der Waals surface area contributed by atoms with Crippen molar-refractivity contribution >= 4 is 27.6 Å². The fraction of sp³-hybridized carbons (Fsp3) is 0.263. The Morgan fingerprint density at radius 1 is 1.07 bits per heavy atom. The van der Waals surface area contributed by atoms with Crippen molar-refractivity contribution in [1.29, 1.82) is 0 Å². The molecule has 0 radical (unpaired) electrons. The van der Waals surface area contributed by atoms with Crippen LogP contribution < -0.4 is 10.0 Å². The number of hydrogen-bond donors (Lipinski definition) is 3. The Labute approximate surface area is 158 Å². The Bertz CT molecular complexity index is 954. The van der Waals surface area contributed by atoms with E-state index in [0.717, 1.165) is 5.56 Å². The predicted octanol–water partition coefficient (Wildman–Crippen LogP) is 2.70. The number of carbonyl (C=O) groups excluding carboxylic acids is 1. The van der Waals surface area contributed by atoms with E-state index in [-0.39, 0.29) is 29.1 Å². The maximum atomic E-state index is 12.7. The van der Waals surface area contributed by atoms with Crippen LogP contribution in [0.1, 0.15) is 34.3 Å². The monoisotopic (exact) mass is 390 g/mol. The van der Waals surface area contributed by atoms with Crippen LogP contribution in [0.5, 0.6) is 0 Å². The quantitative estimate of drug-likeness (QED) is 0.600. The summed E-state index contributed by atoms with van der Waals surface area (Å²) in [5.41, 5.74) is 2.01. The van der Waals surface area contributed by atoms with Crippen molar-refractivity contribution in [3.05, 3.63) is 59.2 Å². The Hall–Kier alpha value is -2.87. The molecule has 8 heteroatoms. The van der Waals surface area contributed by atoms with Crippen LogP contribution in [0.3, 0.4) is 0 Å². The van der Waals surface area contributed by atoms with Gasteiger partial charge in [0.1, 0.15) is 0 Å². The molecule has 0 aliphatic rings. The van der Waals surface area contributed by atoms with E-state index in [1.165, 1.54) is 6.07 Å². The first-order chi connectivity index (χ1) is 12.7. The molecule has 0 saturated heterocycles. The number of hydrogen-bond acceptors (Lipinski definition) is 4. The molecule has 0 fully saturated rings. The van der Waals surface area contributed by atoms with Gasteiger partial charge >= 0.3 is 5.97 Å². The summed E-state index contributed by atoms with van der Waals surface area (Å²) < 4.78 is 27.8. The van der Waals surface area contributed by atoms with Gasteiger partial charge in [0.25, 0.3) is 15.9 Å². The van der Waals surface area contributed by atoms with Crippen LogP contribution in [0.4, 0.5) is 5.69 Å². The van der Waals surface area contributed by atoms with Gasteiger partial charge in [-0.05, 0) is 55.7 Å². The molecule has 0 heterocycles. The summed E-state index contributed by atoms with van der Waals surface area (Å²) in [5.74, 6) is -1.32. The number of aryl methyl sites for hydroxylation is 2. The molecule has 0 aliphatic heterocycles. The van der Waals surface area contributed by atoms with Gasteiger partial charge in [-0.3, -0.25) is 14.3 Å². The molecule has 0 bridgehead atoms. The molecule has 0 spiro atoms. The molecule has 0 aliphatic carbocycles. The summed E-state index contributed by atoms with van der Waals surface area (Å²) in [6.45, 7) is 3.76. The molecule has 1 amide bonds. The molecule has 27 heavy (non-hydrogen) atoms. The number of sulfonamides is 1. The Morgan fingerprint density at radius 2 is 1.81 bits per heavy atom. The van der Waals surface area contributed by atoms with Crippen LogP contribution in [0.15, 0.2) is 47.4 Å². The Kier molecular flexibility index (Phi) is 6.57. The standard InChI is InChI=1S/C19H22N2O5S/c1-13-8-9-14(2)17(11-13)27(25,26)21-16-6-3-5-15(12-16)19(24)20-10-4-7-18(22)23/h3,5-6,8-9,11-12,21H,4,7,10H2,1-2H3,(H,20,24)(H,22,23). The first-order valence-corrected chi connectivity index (χ1v) is 9.87. The molecule has 144 valence electrons. The van der Waals surface area contributed by atoms with E-state index in [1.54, 1.807) is 37.3 Å². The van der Waals surface area contributed by atoms with Gasteiger partial charge in [0.2, 0.25) is 0 Å². The van der Waals surface area contributed by atoms with Crippen LogP contribution in [0, 0.1) is 13.8 Å². The van der Waals surface area contributed by atoms with Crippen LogP contribution in [0.2, 0.25) is 0 Å². The molecule has 0 unspecified atom stereocenters. The number of nitrogens with one attached hydrogen (secondary N) is 2. The molecule has 3 N–H and O–H groups in total. The summed E-state index contributed by atoms with van der Waals surface area (Å²) in [6, 6.07) is 11.3. The second-order valence-electron chi connectivity index (χ2n) is 6.21. The lowest BCUT2D eigenvalue weighted by atomic mass is 10.2. The number of rotatable bonds is 8. The maximum absolute atomic E-state index is 12.7. The molecule has 7 nitrogen and oxygen atoms in total. The van der Waals surface area contributed by atoms with Crippen LogP contribution in [-0.4, -0.2) is 31.9 Å². The average molecular weight is 390 g/mol. The van der Waals surface area contributed by atoms with Crippen LogP contribution in [0.25, 0.3) is 0 Å². The third-order valence-corrected chi connectivity index (χ3v) is 5.39. The summed E-state index contributed by atoms with van der Waals surface area (Å²) in [6.07, 6.45) is 0.288. The third kappa shape index (κ3) is 5.82. The fourth-order valence-corrected chi connectivity index (χ4v) is 3.85. The number of benzene rings is 2. The zero-order valence-electron chi connectivity index (χ0n) is 15.2. The Morgan fingerprint density at radius 3 is 2.52 bits per heavy atom. The van der Waals surface area contributed by atoms with Gasteiger partial charge < -0.3 is 10.4 Å². The second-order valence-corrected chi connectivity index (χ2v) is 7.86. The molecule has 2 aromatic carbocycles. The number of carboxylic acid groups (broad SMARTS) is 1. The fourth-order valence-electron chi connectivity index (χ4n) is 2.47. The number of amides is 1. The largest absolute Gasteiger partial charge is 0.481 e. The molecule has 0 atom stereocenters. The zero-order chi connectivity index (χ0) is 20.0. The normalized spacial score (nSPS) is 11.0. The van der Waals surface area contributed by atoms with Gasteiger partial charge in [-0.2, -0.15) is 0 Å². The van der Waals surface area contributed by atoms with Crippen LogP contribution in [-0.2, 0) is 14.8 Å².